The van der Waals surface area contributed by atoms with Gasteiger partial charge in [-0.1, -0.05) is 13.0 Å². The van der Waals surface area contributed by atoms with Crippen LogP contribution in [-0.2, 0) is 9.53 Å². The topological polar surface area (TPSA) is 107 Å². The van der Waals surface area contributed by atoms with Gasteiger partial charge in [-0.05, 0) is 13.1 Å². The van der Waals surface area contributed by atoms with E-state index in [2.05, 4.69) is 10.3 Å². The molecule has 1 aromatic carbocycles. The molecule has 2 fully saturated rings. The lowest BCUT2D eigenvalue weighted by Gasteiger charge is -2.37. The van der Waals surface area contributed by atoms with Crippen LogP contribution < -0.4 is 20.7 Å². The second-order valence-corrected chi connectivity index (χ2v) is 8.73. The van der Waals surface area contributed by atoms with Gasteiger partial charge in [0.05, 0.1) is 18.2 Å². The average Bonchev–Trinajstić information content (AvgIpc) is 3.23. The molecule has 1 aromatic heterocycles. The van der Waals surface area contributed by atoms with Crippen LogP contribution in [0.25, 0.3) is 6.20 Å². The Morgan fingerprint density at radius 1 is 1.28 bits per heavy atom. The van der Waals surface area contributed by atoms with Crippen LogP contribution >= 0.6 is 0 Å². The molecule has 0 aliphatic carbocycles. The van der Waals surface area contributed by atoms with Crippen LogP contribution in [0.5, 0.6) is 0 Å². The molecule has 2 aliphatic heterocycles. The van der Waals surface area contributed by atoms with Crippen molar-refractivity contribution >= 4 is 29.6 Å². The number of piperazine rings is 1. The predicted molar refractivity (Wildman–Crippen MR) is 129 cm³/mol. The number of aromatic nitrogens is 2. The minimum Gasteiger partial charge on any atom is -0.443 e. The van der Waals surface area contributed by atoms with Crippen LogP contribution in [0.3, 0.4) is 0 Å². The fourth-order valence-corrected chi connectivity index (χ4v) is 4.32. The van der Waals surface area contributed by atoms with Crippen molar-refractivity contribution in [2.75, 3.05) is 56.1 Å². The van der Waals surface area contributed by atoms with E-state index in [1.165, 1.54) is 15.7 Å². The number of nitrogens with zero attached hydrogens (tertiary/aromatic N) is 5. The van der Waals surface area contributed by atoms with Gasteiger partial charge in [-0.25, -0.2) is 18.6 Å². The third kappa shape index (κ3) is 5.38. The molecule has 2 atom stereocenters. The fourth-order valence-electron chi connectivity index (χ4n) is 4.32. The Morgan fingerprint density at radius 3 is 2.61 bits per heavy atom. The quantitative estimate of drug-likeness (QED) is 0.598. The highest BCUT2D eigenvalue weighted by molar-refractivity contribution is 5.90. The third-order valence-corrected chi connectivity index (χ3v) is 6.23. The molecule has 2 unspecified atom stereocenters. The molecule has 2 aromatic rings. The minimum atomic E-state index is -0.773. The van der Waals surface area contributed by atoms with Crippen molar-refractivity contribution < 1.29 is 23.1 Å². The van der Waals surface area contributed by atoms with Gasteiger partial charge in [0.15, 0.2) is 11.6 Å². The zero-order chi connectivity index (χ0) is 25.8. The third-order valence-electron chi connectivity index (χ3n) is 6.23. The summed E-state index contributed by atoms with van der Waals surface area (Å²) in [6.07, 6.45) is 5.46. The zero-order valence-corrected chi connectivity index (χ0v) is 20.2. The Kier molecular flexibility index (Phi) is 7.63. The van der Waals surface area contributed by atoms with E-state index in [1.807, 2.05) is 0 Å². The fraction of sp³-hybridized carbons (Fsp3) is 0.417. The molecule has 0 saturated carbocycles. The first-order chi connectivity index (χ1) is 17.3. The van der Waals surface area contributed by atoms with Crippen LogP contribution in [0.1, 0.15) is 6.92 Å². The second-order valence-electron chi connectivity index (χ2n) is 8.73. The molecule has 2 N–H and O–H groups in total. The Bertz CT molecular complexity index is 1190. The number of ether oxygens (including phenoxy) is 1. The standard InChI is InChI=1S/C24H29F2N7O3/c1-16(4-7-32-6-3-5-29-23(32)27)22(34)31-10-8-30(9-11-31)21-19(25)12-17(13-20(21)26)33-15-18(14-28-2)36-24(33)35/h3-7,12-13,16,18,27-28H,8-11,14-15H2,1-2H3/b7-4+,27-23?. The summed E-state index contributed by atoms with van der Waals surface area (Å²) in [6.45, 7) is 3.55. The molecular weight excluding hydrogens is 472 g/mol. The van der Waals surface area contributed by atoms with Gasteiger partial charge in [-0.2, -0.15) is 0 Å². The summed E-state index contributed by atoms with van der Waals surface area (Å²) in [5.41, 5.74) is -0.0142. The van der Waals surface area contributed by atoms with Crippen molar-refractivity contribution in [3.63, 3.8) is 0 Å². The van der Waals surface area contributed by atoms with Crippen LogP contribution in [0.4, 0.5) is 25.0 Å². The molecular formula is C24H29F2N7O3. The van der Waals surface area contributed by atoms with Gasteiger partial charge in [-0.15, -0.1) is 0 Å². The molecule has 2 saturated heterocycles. The molecule has 10 nitrogen and oxygen atoms in total. The van der Waals surface area contributed by atoms with Crippen molar-refractivity contribution in [1.82, 2.24) is 19.8 Å². The summed E-state index contributed by atoms with van der Waals surface area (Å²) >= 11 is 0. The number of cyclic esters (lactones) is 1. The van der Waals surface area contributed by atoms with Crippen molar-refractivity contribution in [3.8, 4) is 0 Å². The minimum absolute atomic E-state index is 0.0523. The Balaban J connectivity index is 1.38. The van der Waals surface area contributed by atoms with Crippen molar-refractivity contribution in [2.24, 2.45) is 5.92 Å². The number of carbonyl (C=O) groups excluding carboxylic acids is 2. The Morgan fingerprint density at radius 2 is 1.97 bits per heavy atom. The summed E-state index contributed by atoms with van der Waals surface area (Å²) in [4.78, 5) is 33.3. The molecule has 192 valence electrons. The van der Waals surface area contributed by atoms with E-state index in [4.69, 9.17) is 10.1 Å². The summed E-state index contributed by atoms with van der Waals surface area (Å²) in [5.74, 6) is -2.10. The summed E-state index contributed by atoms with van der Waals surface area (Å²) in [6, 6.07) is 3.97. The molecule has 12 heteroatoms. The molecule has 36 heavy (non-hydrogen) atoms. The second kappa shape index (κ2) is 10.9. The van der Waals surface area contributed by atoms with E-state index in [0.717, 1.165) is 12.1 Å². The number of halogens is 2. The van der Waals surface area contributed by atoms with Crippen molar-refractivity contribution in [1.29, 1.82) is 5.41 Å². The van der Waals surface area contributed by atoms with Gasteiger partial charge in [0, 0.05) is 63.5 Å². The molecule has 2 aliphatic rings. The summed E-state index contributed by atoms with van der Waals surface area (Å²) in [7, 11) is 1.73. The van der Waals surface area contributed by atoms with Gasteiger partial charge >= 0.3 is 6.09 Å². The lowest BCUT2D eigenvalue weighted by atomic mass is 10.1. The van der Waals surface area contributed by atoms with E-state index in [0.29, 0.717) is 19.6 Å². The molecule has 0 bridgehead atoms. The largest absolute Gasteiger partial charge is 0.443 e. The maximum Gasteiger partial charge on any atom is 0.414 e. The van der Waals surface area contributed by atoms with Gasteiger partial charge in [0.25, 0.3) is 0 Å². The molecule has 4 rings (SSSR count). The van der Waals surface area contributed by atoms with Crippen LogP contribution in [0, 0.1) is 23.0 Å². The van der Waals surface area contributed by atoms with E-state index in [9.17, 15) is 9.59 Å². The predicted octanol–water partition coefficient (Wildman–Crippen LogP) is 1.64. The van der Waals surface area contributed by atoms with Gasteiger partial charge in [0.1, 0.15) is 11.8 Å². The highest BCUT2D eigenvalue weighted by Crippen LogP contribution is 2.31. The summed E-state index contributed by atoms with van der Waals surface area (Å²) in [5, 5.41) is 10.7. The first kappa shape index (κ1) is 25.3. The highest BCUT2D eigenvalue weighted by Gasteiger charge is 2.34. The maximum absolute atomic E-state index is 15.0. The lowest BCUT2D eigenvalue weighted by molar-refractivity contribution is -0.133. The average molecular weight is 502 g/mol. The van der Waals surface area contributed by atoms with Crippen molar-refractivity contribution in [2.45, 2.75) is 13.0 Å². The Hall–Kier alpha value is -3.80. The number of anilines is 2. The van der Waals surface area contributed by atoms with Gasteiger partial charge < -0.3 is 19.9 Å². The SMILES string of the molecule is CNCC1CN(c2cc(F)c(N3CCN(C(=O)C(C)/C=C/n4cccnc4=N)CC3)c(F)c2)C(=O)O1. The van der Waals surface area contributed by atoms with E-state index < -0.39 is 29.7 Å². The number of likely N-dealkylation sites (N-methyl/N-ethyl adjacent to an activating group) is 1. The zero-order valence-electron chi connectivity index (χ0n) is 20.2. The van der Waals surface area contributed by atoms with E-state index in [-0.39, 0.29) is 42.5 Å². The molecule has 0 radical (unpaired) electrons. The summed E-state index contributed by atoms with van der Waals surface area (Å²) < 4.78 is 36.7. The van der Waals surface area contributed by atoms with Crippen LogP contribution in [0.15, 0.2) is 36.7 Å². The number of hydrogen-bond donors (Lipinski definition) is 2. The molecule has 3 heterocycles. The Labute approximate surface area is 207 Å². The van der Waals surface area contributed by atoms with Gasteiger partial charge in [0.2, 0.25) is 11.5 Å². The number of rotatable bonds is 7. The molecule has 0 spiro atoms. The first-order valence-electron chi connectivity index (χ1n) is 11.7. The number of hydrogen-bond acceptors (Lipinski definition) is 7. The number of nitrogens with one attached hydrogen (secondary N) is 2. The molecule has 2 amide bonds. The maximum atomic E-state index is 15.0. The van der Waals surface area contributed by atoms with Crippen molar-refractivity contribution in [3.05, 3.63) is 53.9 Å². The lowest BCUT2D eigenvalue weighted by Crippen LogP contribution is -2.50. The van der Waals surface area contributed by atoms with E-state index >= 15 is 8.78 Å². The smallest absolute Gasteiger partial charge is 0.414 e. The van der Waals surface area contributed by atoms with E-state index in [1.54, 1.807) is 48.3 Å². The first-order valence-corrected chi connectivity index (χ1v) is 11.7. The van der Waals surface area contributed by atoms with Crippen LogP contribution in [-0.4, -0.2) is 78.9 Å². The number of carbonyl (C=O) groups is 2. The number of amides is 2. The number of benzene rings is 1. The monoisotopic (exact) mass is 501 g/mol. The van der Waals surface area contributed by atoms with Gasteiger partial charge in [-0.3, -0.25) is 19.7 Å². The highest BCUT2D eigenvalue weighted by atomic mass is 19.1. The van der Waals surface area contributed by atoms with Crippen LogP contribution in [0.2, 0.25) is 0 Å². The normalized spacial score (nSPS) is 19.2.